The van der Waals surface area contributed by atoms with Gasteiger partial charge in [-0.15, -0.1) is 0 Å². The predicted octanol–water partition coefficient (Wildman–Crippen LogP) is 5.34. The summed E-state index contributed by atoms with van der Waals surface area (Å²) in [7, 11) is -1.44. The average Bonchev–Trinajstić information content (AvgIpc) is 3.75. The quantitative estimate of drug-likeness (QED) is 0.285. The van der Waals surface area contributed by atoms with E-state index in [-0.39, 0.29) is 36.1 Å². The molecule has 2 fully saturated rings. The summed E-state index contributed by atoms with van der Waals surface area (Å²) < 4.78 is 13.3. The molecule has 0 aliphatic carbocycles. The smallest absolute Gasteiger partial charge is 0.256 e. The fourth-order valence-electron chi connectivity index (χ4n) is 6.59. The summed E-state index contributed by atoms with van der Waals surface area (Å²) in [4.78, 5) is 34.8. The van der Waals surface area contributed by atoms with Crippen molar-refractivity contribution in [3.8, 4) is 0 Å². The maximum atomic E-state index is 13.5. The number of aliphatic hydroxyl groups is 1. The highest BCUT2D eigenvalue weighted by Gasteiger charge is 2.33. The molecule has 3 aliphatic heterocycles. The number of β-amino-alcohol motifs (C(OH)–C–C–N with tert-alkyl or cyclic N) is 1. The summed E-state index contributed by atoms with van der Waals surface area (Å²) in [6, 6.07) is 10.6. The van der Waals surface area contributed by atoms with E-state index < -0.39 is 10.8 Å². The average molecular weight is 656 g/mol. The lowest BCUT2D eigenvalue weighted by molar-refractivity contribution is -0.131. The number of carbonyl (C=O) groups excluding carboxylic acids is 2. The number of aliphatic hydroxyl groups excluding tert-OH is 1. The van der Waals surface area contributed by atoms with E-state index in [1.807, 2.05) is 24.8 Å². The molecular formula is C33H36Cl2N4O4S. The number of rotatable bonds is 8. The number of nitrogens with one attached hydrogen (secondary N) is 2. The van der Waals surface area contributed by atoms with Crippen molar-refractivity contribution in [2.24, 2.45) is 0 Å². The first kappa shape index (κ1) is 31.0. The van der Waals surface area contributed by atoms with Gasteiger partial charge in [-0.2, -0.15) is 0 Å². The van der Waals surface area contributed by atoms with Crippen LogP contribution in [0.4, 0.5) is 5.69 Å². The SMILES string of the molecule is Cc1[nH]c(C=C2C(=O)Nc3ccc(S(=O)Cc4c(Cl)cccc4Cl)cc32)c(C)c1CC(=O)N1CCC[C@H]1CN1CC[C@@H](O)C1. The Labute approximate surface area is 269 Å². The molecule has 3 atom stereocenters. The number of benzene rings is 2. The highest BCUT2D eigenvalue weighted by molar-refractivity contribution is 7.84. The number of hydrogen-bond donors (Lipinski definition) is 3. The predicted molar refractivity (Wildman–Crippen MR) is 175 cm³/mol. The molecular weight excluding hydrogens is 619 g/mol. The van der Waals surface area contributed by atoms with Crippen molar-refractivity contribution in [3.05, 3.63) is 80.1 Å². The Balaban J connectivity index is 1.21. The lowest BCUT2D eigenvalue weighted by atomic mass is 10.0. The van der Waals surface area contributed by atoms with Gasteiger partial charge >= 0.3 is 0 Å². The largest absolute Gasteiger partial charge is 0.392 e. The van der Waals surface area contributed by atoms with E-state index in [2.05, 4.69) is 15.2 Å². The second-order valence-corrected chi connectivity index (χ2v) is 14.2. The molecule has 3 aromatic rings. The van der Waals surface area contributed by atoms with Crippen molar-refractivity contribution in [1.82, 2.24) is 14.8 Å². The third kappa shape index (κ3) is 6.26. The number of halogens is 2. The van der Waals surface area contributed by atoms with Crippen molar-refractivity contribution >= 4 is 63.2 Å². The number of nitrogens with zero attached hydrogens (tertiary/aromatic N) is 2. The molecule has 0 spiro atoms. The van der Waals surface area contributed by atoms with E-state index in [1.165, 1.54) is 0 Å². The van der Waals surface area contributed by atoms with Crippen LogP contribution in [0.2, 0.25) is 10.0 Å². The lowest BCUT2D eigenvalue weighted by Gasteiger charge is -2.28. The molecule has 8 nitrogen and oxygen atoms in total. The van der Waals surface area contributed by atoms with Crippen LogP contribution < -0.4 is 5.32 Å². The van der Waals surface area contributed by atoms with Crippen molar-refractivity contribution in [2.45, 2.75) is 62.3 Å². The Bertz CT molecular complexity index is 1670. The molecule has 2 aromatic carbocycles. The molecule has 0 radical (unpaired) electrons. The van der Waals surface area contributed by atoms with Gasteiger partial charge in [-0.1, -0.05) is 29.3 Å². The van der Waals surface area contributed by atoms with Gasteiger partial charge in [-0.3, -0.25) is 18.7 Å². The summed E-state index contributed by atoms with van der Waals surface area (Å²) >= 11 is 12.6. The van der Waals surface area contributed by atoms with Crippen molar-refractivity contribution in [2.75, 3.05) is 31.5 Å². The zero-order valence-electron chi connectivity index (χ0n) is 24.8. The van der Waals surface area contributed by atoms with Gasteiger partial charge in [0.25, 0.3) is 5.91 Å². The Kier molecular flexibility index (Phi) is 9.04. The van der Waals surface area contributed by atoms with Gasteiger partial charge in [0.2, 0.25) is 5.91 Å². The minimum absolute atomic E-state index is 0.103. The van der Waals surface area contributed by atoms with Crippen molar-refractivity contribution in [1.29, 1.82) is 0 Å². The molecule has 1 unspecified atom stereocenters. The number of aromatic nitrogens is 1. The maximum absolute atomic E-state index is 13.5. The van der Waals surface area contributed by atoms with E-state index in [0.29, 0.717) is 43.9 Å². The molecule has 2 amide bonds. The molecule has 44 heavy (non-hydrogen) atoms. The topological polar surface area (TPSA) is 106 Å². The van der Waals surface area contributed by atoms with Gasteiger partial charge in [0.1, 0.15) is 0 Å². The van der Waals surface area contributed by atoms with Crippen LogP contribution in [0.15, 0.2) is 41.3 Å². The number of anilines is 1. The number of amides is 2. The monoisotopic (exact) mass is 654 g/mol. The van der Waals surface area contributed by atoms with Crippen LogP contribution in [-0.4, -0.2) is 74.2 Å². The number of likely N-dealkylation sites (tertiary alicyclic amines) is 2. The molecule has 1 aromatic heterocycles. The summed E-state index contributed by atoms with van der Waals surface area (Å²) in [5.41, 5.74) is 5.93. The fourth-order valence-corrected chi connectivity index (χ4v) is 8.49. The molecule has 3 N–H and O–H groups in total. The van der Waals surface area contributed by atoms with Gasteiger partial charge < -0.3 is 20.3 Å². The Hall–Kier alpha value is -2.95. The molecule has 0 saturated carbocycles. The second kappa shape index (κ2) is 12.8. The Morgan fingerprint density at radius 2 is 1.89 bits per heavy atom. The minimum atomic E-state index is -1.44. The molecule has 232 valence electrons. The second-order valence-electron chi connectivity index (χ2n) is 11.9. The normalized spacial score (nSPS) is 21.7. The Morgan fingerprint density at radius 1 is 1.11 bits per heavy atom. The zero-order valence-corrected chi connectivity index (χ0v) is 27.1. The van der Waals surface area contributed by atoms with E-state index >= 15 is 0 Å². The zero-order chi connectivity index (χ0) is 31.1. The van der Waals surface area contributed by atoms with E-state index in [1.54, 1.807) is 36.4 Å². The third-order valence-electron chi connectivity index (χ3n) is 9.04. The number of aryl methyl sites for hydroxylation is 1. The Morgan fingerprint density at radius 3 is 2.61 bits per heavy atom. The van der Waals surface area contributed by atoms with Gasteiger partial charge in [-0.25, -0.2) is 0 Å². The van der Waals surface area contributed by atoms with Crippen molar-refractivity contribution in [3.63, 3.8) is 0 Å². The molecule has 2 saturated heterocycles. The highest BCUT2D eigenvalue weighted by atomic mass is 35.5. The maximum Gasteiger partial charge on any atom is 0.256 e. The fraction of sp³-hybridized carbons (Fsp3) is 0.394. The van der Waals surface area contributed by atoms with Crippen LogP contribution in [0.3, 0.4) is 0 Å². The van der Waals surface area contributed by atoms with E-state index in [4.69, 9.17) is 23.2 Å². The number of aromatic amines is 1. The summed E-state index contributed by atoms with van der Waals surface area (Å²) in [6.07, 6.45) is 4.59. The van der Waals surface area contributed by atoms with Crippen LogP contribution in [-0.2, 0) is 32.6 Å². The van der Waals surface area contributed by atoms with Crippen LogP contribution >= 0.6 is 23.2 Å². The van der Waals surface area contributed by atoms with E-state index in [9.17, 15) is 18.9 Å². The summed E-state index contributed by atoms with van der Waals surface area (Å²) in [5, 5.41) is 13.7. The minimum Gasteiger partial charge on any atom is -0.392 e. The van der Waals surface area contributed by atoms with Crippen LogP contribution in [0.5, 0.6) is 0 Å². The highest BCUT2D eigenvalue weighted by Crippen LogP contribution is 2.36. The van der Waals surface area contributed by atoms with Gasteiger partial charge in [-0.05, 0) is 80.6 Å². The van der Waals surface area contributed by atoms with Crippen LogP contribution in [0, 0.1) is 13.8 Å². The van der Waals surface area contributed by atoms with Crippen molar-refractivity contribution < 1.29 is 18.9 Å². The molecule has 4 heterocycles. The summed E-state index contributed by atoms with van der Waals surface area (Å²) in [6.45, 7) is 7.03. The first-order valence-corrected chi connectivity index (χ1v) is 17.0. The lowest BCUT2D eigenvalue weighted by Crippen LogP contribution is -2.43. The number of hydrogen-bond acceptors (Lipinski definition) is 5. The standard InChI is InChI=1S/C33H36Cl2N4O4S/c1-19-24(15-32(41)39-11-4-5-21(39)16-38-12-10-22(40)17-38)20(2)36-31(19)14-26-25-13-23(8-9-30(25)37-33(26)42)44(43)18-27-28(34)6-3-7-29(27)35/h3,6-9,13-14,21-22,36,40H,4-5,10-12,15-18H2,1-2H3,(H,37,42)/t21-,22+,44?/m0/s1. The van der Waals surface area contributed by atoms with Gasteiger partial charge in [0.05, 0.1) is 34.7 Å². The van der Waals surface area contributed by atoms with Crippen LogP contribution in [0.1, 0.15) is 52.9 Å². The first-order chi connectivity index (χ1) is 21.1. The van der Waals surface area contributed by atoms with Gasteiger partial charge in [0.15, 0.2) is 0 Å². The molecule has 3 aliphatic rings. The number of carbonyl (C=O) groups is 2. The van der Waals surface area contributed by atoms with Crippen LogP contribution in [0.25, 0.3) is 11.6 Å². The molecule has 11 heteroatoms. The molecule has 0 bridgehead atoms. The summed E-state index contributed by atoms with van der Waals surface area (Å²) in [5.74, 6) is 0.0154. The van der Waals surface area contributed by atoms with E-state index in [0.717, 1.165) is 61.4 Å². The third-order valence-corrected chi connectivity index (χ3v) is 11.1. The number of fused-ring (bicyclic) bond motifs is 1. The number of H-pyrrole nitrogens is 1. The van der Waals surface area contributed by atoms with Gasteiger partial charge in [0, 0.05) is 75.4 Å². The molecule has 6 rings (SSSR count). The first-order valence-electron chi connectivity index (χ1n) is 15.0.